The van der Waals surface area contributed by atoms with E-state index in [0.717, 1.165) is 17.5 Å². The molecule has 16 heavy (non-hydrogen) atoms. The lowest BCUT2D eigenvalue weighted by Gasteiger charge is -2.05. The summed E-state index contributed by atoms with van der Waals surface area (Å²) in [5.74, 6) is 0. The van der Waals surface area contributed by atoms with Crippen molar-refractivity contribution in [1.82, 2.24) is 4.98 Å². The van der Waals surface area contributed by atoms with Crippen molar-refractivity contribution in [1.29, 1.82) is 0 Å². The van der Waals surface area contributed by atoms with Crippen LogP contribution in [0.1, 0.15) is 12.5 Å². The van der Waals surface area contributed by atoms with E-state index in [0.29, 0.717) is 0 Å². The van der Waals surface area contributed by atoms with E-state index in [1.165, 1.54) is 16.3 Å². The molecule has 0 saturated heterocycles. The minimum Gasteiger partial charge on any atom is -0.248 e. The van der Waals surface area contributed by atoms with Gasteiger partial charge < -0.3 is 0 Å². The van der Waals surface area contributed by atoms with Gasteiger partial charge >= 0.3 is 0 Å². The molecule has 0 amide bonds. The summed E-state index contributed by atoms with van der Waals surface area (Å²) in [7, 11) is 0. The van der Waals surface area contributed by atoms with Gasteiger partial charge in [-0.1, -0.05) is 37.3 Å². The predicted molar refractivity (Wildman–Crippen MR) is 68.6 cm³/mol. The molecular formula is C15H13N. The van der Waals surface area contributed by atoms with Gasteiger partial charge in [-0.3, -0.25) is 0 Å². The zero-order chi connectivity index (χ0) is 11.0. The third-order valence-electron chi connectivity index (χ3n) is 3.03. The van der Waals surface area contributed by atoms with Crippen molar-refractivity contribution >= 4 is 21.8 Å². The van der Waals surface area contributed by atoms with Gasteiger partial charge in [-0.25, -0.2) is 4.98 Å². The molecule has 78 valence electrons. The van der Waals surface area contributed by atoms with Crippen LogP contribution in [0.2, 0.25) is 0 Å². The molecule has 1 aromatic heterocycles. The molecule has 0 aliphatic carbocycles. The molecule has 2 aromatic carbocycles. The van der Waals surface area contributed by atoms with Crippen molar-refractivity contribution in [3.8, 4) is 0 Å². The van der Waals surface area contributed by atoms with Gasteiger partial charge in [0.2, 0.25) is 0 Å². The van der Waals surface area contributed by atoms with Crippen LogP contribution in [0.3, 0.4) is 0 Å². The van der Waals surface area contributed by atoms with Crippen LogP contribution in [0.15, 0.2) is 48.5 Å². The Morgan fingerprint density at radius 1 is 0.938 bits per heavy atom. The Morgan fingerprint density at radius 2 is 1.75 bits per heavy atom. The van der Waals surface area contributed by atoms with Crippen molar-refractivity contribution in [3.63, 3.8) is 0 Å². The van der Waals surface area contributed by atoms with Gasteiger partial charge in [0, 0.05) is 10.8 Å². The third-order valence-corrected chi connectivity index (χ3v) is 3.03. The van der Waals surface area contributed by atoms with Crippen molar-refractivity contribution in [2.24, 2.45) is 0 Å². The lowest BCUT2D eigenvalue weighted by Crippen LogP contribution is -1.87. The second kappa shape index (κ2) is 3.60. The Morgan fingerprint density at radius 3 is 2.62 bits per heavy atom. The van der Waals surface area contributed by atoms with E-state index in [1.54, 1.807) is 0 Å². The zero-order valence-electron chi connectivity index (χ0n) is 9.27. The van der Waals surface area contributed by atoms with Crippen LogP contribution in [-0.4, -0.2) is 4.98 Å². The predicted octanol–water partition coefficient (Wildman–Crippen LogP) is 3.95. The molecular weight excluding hydrogens is 194 g/mol. The number of hydrogen-bond donors (Lipinski definition) is 0. The van der Waals surface area contributed by atoms with E-state index < -0.39 is 0 Å². The molecule has 0 spiro atoms. The van der Waals surface area contributed by atoms with Crippen molar-refractivity contribution < 1.29 is 0 Å². The maximum absolute atomic E-state index is 4.69. The van der Waals surface area contributed by atoms with Gasteiger partial charge in [0.1, 0.15) is 0 Å². The molecule has 0 N–H and O–H groups in total. The van der Waals surface area contributed by atoms with Crippen LogP contribution >= 0.6 is 0 Å². The van der Waals surface area contributed by atoms with E-state index in [-0.39, 0.29) is 0 Å². The fourth-order valence-corrected chi connectivity index (χ4v) is 2.17. The second-order valence-electron chi connectivity index (χ2n) is 4.02. The number of aryl methyl sites for hydroxylation is 1. The summed E-state index contributed by atoms with van der Waals surface area (Å²) in [6.45, 7) is 2.18. The Hall–Kier alpha value is -1.89. The van der Waals surface area contributed by atoms with Gasteiger partial charge in [-0.15, -0.1) is 0 Å². The summed E-state index contributed by atoms with van der Waals surface area (Å²) in [4.78, 5) is 4.69. The molecule has 0 atom stereocenters. The highest BCUT2D eigenvalue weighted by Crippen LogP contribution is 2.22. The highest BCUT2D eigenvalue weighted by Gasteiger charge is 2.02. The van der Waals surface area contributed by atoms with Crippen molar-refractivity contribution in [2.45, 2.75) is 13.3 Å². The minimum absolute atomic E-state index is 1.05. The van der Waals surface area contributed by atoms with E-state index in [1.807, 2.05) is 6.07 Å². The fourth-order valence-electron chi connectivity index (χ4n) is 2.17. The summed E-state index contributed by atoms with van der Waals surface area (Å²) in [6.07, 6.45) is 1.05. The van der Waals surface area contributed by atoms with Gasteiger partial charge in [0.15, 0.2) is 0 Å². The lowest BCUT2D eigenvalue weighted by molar-refractivity contribution is 1.16. The number of rotatable bonds is 1. The number of benzene rings is 2. The van der Waals surface area contributed by atoms with Gasteiger partial charge in [0.25, 0.3) is 0 Å². The average molecular weight is 207 g/mol. The first-order valence-electron chi connectivity index (χ1n) is 5.66. The first-order valence-corrected chi connectivity index (χ1v) is 5.66. The number of fused-ring (bicyclic) bond motifs is 2. The zero-order valence-corrected chi connectivity index (χ0v) is 9.27. The van der Waals surface area contributed by atoms with Crippen LogP contribution in [0, 0.1) is 0 Å². The second-order valence-corrected chi connectivity index (χ2v) is 4.02. The standard InChI is InChI=1S/C15H13N/c1-2-11-7-5-9-15-13(11)10-12-6-3-4-8-14(12)16-15/h3-10H,2H2,1H3. The fraction of sp³-hybridized carbons (Fsp3) is 0.133. The van der Waals surface area contributed by atoms with Crippen LogP contribution < -0.4 is 0 Å². The largest absolute Gasteiger partial charge is 0.248 e. The van der Waals surface area contributed by atoms with Gasteiger partial charge in [0.05, 0.1) is 11.0 Å². The normalized spacial score (nSPS) is 11.1. The summed E-state index contributed by atoms with van der Waals surface area (Å²) < 4.78 is 0. The summed E-state index contributed by atoms with van der Waals surface area (Å²) in [6, 6.07) is 16.9. The number of para-hydroxylation sites is 1. The first kappa shape index (κ1) is 9.34. The minimum atomic E-state index is 1.05. The number of hydrogen-bond acceptors (Lipinski definition) is 1. The molecule has 1 heterocycles. The summed E-state index contributed by atoms with van der Waals surface area (Å²) in [5.41, 5.74) is 3.54. The molecule has 3 aromatic rings. The number of pyridine rings is 1. The lowest BCUT2D eigenvalue weighted by atomic mass is 10.0. The maximum Gasteiger partial charge on any atom is 0.0712 e. The SMILES string of the molecule is CCc1cccc2nc3ccccc3cc12. The molecule has 1 nitrogen and oxygen atoms in total. The monoisotopic (exact) mass is 207 g/mol. The molecule has 0 aliphatic rings. The van der Waals surface area contributed by atoms with Gasteiger partial charge in [-0.2, -0.15) is 0 Å². The van der Waals surface area contributed by atoms with Crippen LogP contribution in [-0.2, 0) is 6.42 Å². The average Bonchev–Trinajstić information content (AvgIpc) is 2.35. The highest BCUT2D eigenvalue weighted by molar-refractivity contribution is 5.94. The Kier molecular flexibility index (Phi) is 2.10. The summed E-state index contributed by atoms with van der Waals surface area (Å²) in [5, 5.41) is 2.50. The summed E-state index contributed by atoms with van der Waals surface area (Å²) >= 11 is 0. The van der Waals surface area contributed by atoms with Crippen LogP contribution in [0.5, 0.6) is 0 Å². The molecule has 0 aliphatic heterocycles. The third kappa shape index (κ3) is 1.36. The molecule has 1 heteroatoms. The molecule has 3 rings (SSSR count). The Bertz CT molecular complexity index is 656. The number of aromatic nitrogens is 1. The molecule has 0 saturated carbocycles. The molecule has 0 bridgehead atoms. The quantitative estimate of drug-likeness (QED) is 0.550. The maximum atomic E-state index is 4.69. The van der Waals surface area contributed by atoms with Gasteiger partial charge in [-0.05, 0) is 30.2 Å². The Balaban J connectivity index is 2.46. The number of nitrogens with zero attached hydrogens (tertiary/aromatic N) is 1. The van der Waals surface area contributed by atoms with Crippen molar-refractivity contribution in [3.05, 3.63) is 54.1 Å². The Labute approximate surface area is 94.7 Å². The van der Waals surface area contributed by atoms with E-state index >= 15 is 0 Å². The molecule has 0 unspecified atom stereocenters. The molecule has 0 fully saturated rings. The van der Waals surface area contributed by atoms with Crippen LogP contribution in [0.4, 0.5) is 0 Å². The molecule has 0 radical (unpaired) electrons. The van der Waals surface area contributed by atoms with Crippen LogP contribution in [0.25, 0.3) is 21.8 Å². The highest BCUT2D eigenvalue weighted by atomic mass is 14.7. The van der Waals surface area contributed by atoms with E-state index in [9.17, 15) is 0 Å². The van der Waals surface area contributed by atoms with E-state index in [4.69, 9.17) is 0 Å². The first-order chi connectivity index (χ1) is 7.88. The smallest absolute Gasteiger partial charge is 0.0712 e. The van der Waals surface area contributed by atoms with Crippen molar-refractivity contribution in [2.75, 3.05) is 0 Å². The van der Waals surface area contributed by atoms with E-state index in [2.05, 4.69) is 54.4 Å². The topological polar surface area (TPSA) is 12.9 Å².